The van der Waals surface area contributed by atoms with Gasteiger partial charge in [-0.2, -0.15) is 0 Å². The van der Waals surface area contributed by atoms with Crippen molar-refractivity contribution >= 4 is 68.7 Å². The molecule has 0 nitrogen and oxygen atoms in total. The molecule has 0 aliphatic carbocycles. The van der Waals surface area contributed by atoms with Gasteiger partial charge in [0.15, 0.2) is 16.3 Å². The topological polar surface area (TPSA) is 0 Å². The smallest absolute Gasteiger partial charge is 0.139 e. The number of hydrogen-bond donors (Lipinski definition) is 0. The SMILES string of the molecule is I.I.[Al][c]1ccccc1. The molecule has 0 aliphatic heterocycles. The second kappa shape index (κ2) is 7.32. The van der Waals surface area contributed by atoms with Gasteiger partial charge >= 0.3 is 0 Å². The predicted octanol–water partition coefficient (Wildman–Crippen LogP) is 1.72. The Kier molecular flexibility index (Phi) is 10.5. The Hall–Kier alpha value is 1.21. The first kappa shape index (κ1) is 12.9. The van der Waals surface area contributed by atoms with E-state index in [1.165, 1.54) is 4.43 Å². The minimum atomic E-state index is 0. The van der Waals surface area contributed by atoms with Crippen LogP contribution < -0.4 is 4.43 Å². The van der Waals surface area contributed by atoms with Crippen LogP contribution in [0.25, 0.3) is 0 Å². The van der Waals surface area contributed by atoms with E-state index in [-0.39, 0.29) is 48.0 Å². The maximum atomic E-state index is 2.63. The van der Waals surface area contributed by atoms with E-state index in [0.29, 0.717) is 0 Å². The summed E-state index contributed by atoms with van der Waals surface area (Å²) in [6.45, 7) is 0. The second-order valence-electron chi connectivity index (χ2n) is 1.41. The van der Waals surface area contributed by atoms with Gasteiger partial charge in [0.25, 0.3) is 0 Å². The maximum Gasteiger partial charge on any atom is 0.175 e. The molecule has 3 heteroatoms. The molecular weight excluding hydrogens is 353 g/mol. The predicted molar refractivity (Wildman–Crippen MR) is 62.7 cm³/mol. The van der Waals surface area contributed by atoms with Crippen molar-refractivity contribution < 1.29 is 0 Å². The number of hydrogen-bond acceptors (Lipinski definition) is 0. The lowest BCUT2D eigenvalue weighted by Crippen LogP contribution is -1.97. The van der Waals surface area contributed by atoms with Gasteiger partial charge in [-0.3, -0.25) is 0 Å². The molecule has 2 radical (unpaired) electrons. The van der Waals surface area contributed by atoms with E-state index in [1.807, 2.05) is 30.3 Å². The third kappa shape index (κ3) is 5.65. The quantitative estimate of drug-likeness (QED) is 0.489. The lowest BCUT2D eigenvalue weighted by atomic mass is 10.4. The van der Waals surface area contributed by atoms with E-state index in [2.05, 4.69) is 16.3 Å². The van der Waals surface area contributed by atoms with Crippen LogP contribution >= 0.6 is 48.0 Å². The minimum absolute atomic E-state index is 0. The van der Waals surface area contributed by atoms with Crippen LogP contribution in [0.3, 0.4) is 0 Å². The van der Waals surface area contributed by atoms with Gasteiger partial charge in [-0.25, -0.2) is 0 Å². The van der Waals surface area contributed by atoms with Crippen molar-refractivity contribution in [1.82, 2.24) is 0 Å². The summed E-state index contributed by atoms with van der Waals surface area (Å²) in [6.07, 6.45) is 0. The fraction of sp³-hybridized carbons (Fsp3) is 0. The van der Waals surface area contributed by atoms with Gasteiger partial charge in [0, 0.05) is 0 Å². The summed E-state index contributed by atoms with van der Waals surface area (Å²) < 4.78 is 1.24. The molecule has 1 aromatic rings. The van der Waals surface area contributed by atoms with Gasteiger partial charge in [-0.1, -0.05) is 30.3 Å². The number of benzene rings is 1. The first-order valence-corrected chi connectivity index (χ1v) is 2.78. The first-order chi connectivity index (χ1) is 3.39. The normalized spacial score (nSPS) is 6.67. The highest BCUT2D eigenvalue weighted by Crippen LogP contribution is 1.76. The molecule has 0 aromatic heterocycles. The maximum absolute atomic E-state index is 2.63. The molecule has 9 heavy (non-hydrogen) atoms. The Labute approximate surface area is 97.9 Å². The van der Waals surface area contributed by atoms with E-state index in [9.17, 15) is 0 Å². The molecule has 1 rings (SSSR count). The number of rotatable bonds is 0. The fourth-order valence-corrected chi connectivity index (χ4v) is 0.675. The zero-order valence-electron chi connectivity index (χ0n) is 4.78. The van der Waals surface area contributed by atoms with Crippen LogP contribution in [0.1, 0.15) is 0 Å². The van der Waals surface area contributed by atoms with Crippen LogP contribution in [0.5, 0.6) is 0 Å². The molecule has 0 spiro atoms. The molecule has 48 valence electrons. The highest BCUT2D eigenvalue weighted by molar-refractivity contribution is 14.0. The van der Waals surface area contributed by atoms with Gasteiger partial charge in [0.05, 0.1) is 0 Å². The monoisotopic (exact) mass is 360 g/mol. The van der Waals surface area contributed by atoms with E-state index in [1.54, 1.807) is 0 Å². The Bertz CT molecular complexity index is 141. The summed E-state index contributed by atoms with van der Waals surface area (Å²) in [5.74, 6) is 0. The average molecular weight is 360 g/mol. The largest absolute Gasteiger partial charge is 0.175 e. The van der Waals surface area contributed by atoms with Crippen LogP contribution in [0, 0.1) is 0 Å². The molecular formula is C6H7AlI2. The summed E-state index contributed by atoms with van der Waals surface area (Å²) in [5, 5.41) is 0. The molecule has 0 unspecified atom stereocenters. The van der Waals surface area contributed by atoms with Crippen LogP contribution in [0.2, 0.25) is 0 Å². The van der Waals surface area contributed by atoms with Crippen molar-refractivity contribution in [3.8, 4) is 0 Å². The molecule has 0 saturated carbocycles. The highest BCUT2D eigenvalue weighted by Gasteiger charge is 1.71. The van der Waals surface area contributed by atoms with Gasteiger partial charge < -0.3 is 0 Å². The van der Waals surface area contributed by atoms with Crippen LogP contribution in [0.15, 0.2) is 30.3 Å². The van der Waals surface area contributed by atoms with Crippen molar-refractivity contribution in [3.05, 3.63) is 30.3 Å². The average Bonchev–Trinajstić information content (AvgIpc) is 1.69. The highest BCUT2D eigenvalue weighted by atomic mass is 127. The van der Waals surface area contributed by atoms with Crippen molar-refractivity contribution in [2.24, 2.45) is 0 Å². The summed E-state index contributed by atoms with van der Waals surface area (Å²) >= 11 is 2.63. The molecule has 0 bridgehead atoms. The van der Waals surface area contributed by atoms with Gasteiger partial charge in [0.2, 0.25) is 0 Å². The third-order valence-electron chi connectivity index (χ3n) is 0.800. The van der Waals surface area contributed by atoms with Crippen LogP contribution in [-0.2, 0) is 0 Å². The van der Waals surface area contributed by atoms with E-state index in [4.69, 9.17) is 0 Å². The molecule has 0 fully saturated rings. The minimum Gasteiger partial charge on any atom is -0.139 e. The van der Waals surface area contributed by atoms with Gasteiger partial charge in [0.1, 0.15) is 0 Å². The molecule has 0 atom stereocenters. The summed E-state index contributed by atoms with van der Waals surface area (Å²) in [4.78, 5) is 0. The van der Waals surface area contributed by atoms with Crippen molar-refractivity contribution in [1.29, 1.82) is 0 Å². The summed E-state index contributed by atoms with van der Waals surface area (Å²) in [6, 6.07) is 10.1. The molecule has 0 N–H and O–H groups in total. The van der Waals surface area contributed by atoms with Crippen molar-refractivity contribution in [2.45, 2.75) is 0 Å². The second-order valence-corrected chi connectivity index (χ2v) is 2.08. The summed E-state index contributed by atoms with van der Waals surface area (Å²) in [5.41, 5.74) is 0. The molecule has 0 saturated heterocycles. The van der Waals surface area contributed by atoms with Gasteiger partial charge in [-0.05, 0) is 0 Å². The van der Waals surface area contributed by atoms with E-state index in [0.717, 1.165) is 0 Å². The lowest BCUT2D eigenvalue weighted by molar-refractivity contribution is 1.78. The fourth-order valence-electron chi connectivity index (χ4n) is 0.453. The molecule has 0 amide bonds. The Morgan fingerprint density at radius 1 is 0.889 bits per heavy atom. The van der Waals surface area contributed by atoms with Crippen molar-refractivity contribution in [2.75, 3.05) is 0 Å². The number of halogens is 2. The molecule has 0 heterocycles. The van der Waals surface area contributed by atoms with E-state index < -0.39 is 0 Å². The molecule has 1 aromatic carbocycles. The first-order valence-electron chi connectivity index (χ1n) is 2.20. The van der Waals surface area contributed by atoms with Crippen LogP contribution in [-0.4, -0.2) is 16.3 Å². The lowest BCUT2D eigenvalue weighted by Gasteiger charge is -1.84. The zero-order chi connectivity index (χ0) is 5.11. The molecule has 0 aliphatic rings. The van der Waals surface area contributed by atoms with Crippen LogP contribution in [0.4, 0.5) is 0 Å². The zero-order valence-corrected chi connectivity index (χ0v) is 10.6. The van der Waals surface area contributed by atoms with Gasteiger partial charge in [-0.15, -0.1) is 52.4 Å². The van der Waals surface area contributed by atoms with Crippen molar-refractivity contribution in [3.63, 3.8) is 0 Å². The summed E-state index contributed by atoms with van der Waals surface area (Å²) in [7, 11) is 0. The third-order valence-corrected chi connectivity index (χ3v) is 1.18. The Balaban J connectivity index is 0. The van der Waals surface area contributed by atoms with E-state index >= 15 is 0 Å². The standard InChI is InChI=1S/C6H5.Al.2HI/c1-2-4-6-5-3-1;;;/h1-5H;;2*1H. The Morgan fingerprint density at radius 3 is 1.56 bits per heavy atom. The Morgan fingerprint density at radius 2 is 1.33 bits per heavy atom.